The Hall–Kier alpha value is -1.85. The van der Waals surface area contributed by atoms with Crippen LogP contribution in [0.2, 0.25) is 0 Å². The van der Waals surface area contributed by atoms with E-state index < -0.39 is 0 Å². The molecule has 0 bridgehead atoms. The van der Waals surface area contributed by atoms with Crippen LogP contribution in [-0.2, 0) is 0 Å². The van der Waals surface area contributed by atoms with Gasteiger partial charge in [0.2, 0.25) is 0 Å². The molecule has 1 fully saturated rings. The first-order valence-corrected chi connectivity index (χ1v) is 8.95. The first-order chi connectivity index (χ1) is 11.8. The molecule has 25 heavy (non-hydrogen) atoms. The van der Waals surface area contributed by atoms with Crippen LogP contribution in [-0.4, -0.2) is 35.2 Å². The van der Waals surface area contributed by atoms with Crippen LogP contribution in [0, 0.1) is 0 Å². The van der Waals surface area contributed by atoms with E-state index in [0.29, 0.717) is 18.2 Å². The van der Waals surface area contributed by atoms with E-state index in [-0.39, 0.29) is 18.3 Å². The molecule has 1 aliphatic carbocycles. The number of hydrogen-bond acceptors (Lipinski definition) is 3. The molecule has 0 radical (unpaired) electrons. The number of aromatic amines is 1. The minimum atomic E-state index is -0.0785. The van der Waals surface area contributed by atoms with Gasteiger partial charge in [0.1, 0.15) is 0 Å². The molecule has 0 aliphatic heterocycles. The van der Waals surface area contributed by atoms with Crippen molar-refractivity contribution >= 4 is 18.3 Å². The molecule has 1 aromatic carbocycles. The molecule has 0 saturated heterocycles. The number of carbonyl (C=O) groups excluding carboxylic acids is 1. The van der Waals surface area contributed by atoms with Crippen LogP contribution >= 0.6 is 12.4 Å². The quantitative estimate of drug-likeness (QED) is 0.543. The number of nitrogens with one attached hydrogen (secondary N) is 3. The molecular weight excluding hydrogens is 336 g/mol. The minimum absolute atomic E-state index is 0. The summed E-state index contributed by atoms with van der Waals surface area (Å²) >= 11 is 0. The van der Waals surface area contributed by atoms with Crippen LogP contribution in [0.4, 0.5) is 0 Å². The average molecular weight is 363 g/mol. The summed E-state index contributed by atoms with van der Waals surface area (Å²) < 4.78 is 0. The van der Waals surface area contributed by atoms with Gasteiger partial charge in [0.25, 0.3) is 5.91 Å². The summed E-state index contributed by atoms with van der Waals surface area (Å²) in [5.41, 5.74) is 2.33. The SMILES string of the molecule is Cl.O=C(NCCNC1CCCCCC1)c1cn[nH]c1-c1ccccc1. The zero-order valence-corrected chi connectivity index (χ0v) is 15.3. The predicted octanol–water partition coefficient (Wildman–Crippen LogP) is 3.54. The Morgan fingerprint density at radius 1 is 1.08 bits per heavy atom. The van der Waals surface area contributed by atoms with Crippen LogP contribution in [0.15, 0.2) is 36.5 Å². The highest BCUT2D eigenvalue weighted by Gasteiger charge is 2.15. The van der Waals surface area contributed by atoms with E-state index in [0.717, 1.165) is 17.8 Å². The summed E-state index contributed by atoms with van der Waals surface area (Å²) in [4.78, 5) is 12.4. The summed E-state index contributed by atoms with van der Waals surface area (Å²) in [5, 5.41) is 13.5. The van der Waals surface area contributed by atoms with Crippen molar-refractivity contribution in [3.8, 4) is 11.3 Å². The van der Waals surface area contributed by atoms with Gasteiger partial charge >= 0.3 is 0 Å². The maximum atomic E-state index is 12.4. The highest BCUT2D eigenvalue weighted by molar-refractivity contribution is 5.99. The number of carbonyl (C=O) groups is 1. The standard InChI is InChI=1S/C19H26N4O.ClH/c24-19(21-13-12-20-16-10-6-1-2-7-11-16)17-14-22-23-18(17)15-8-4-3-5-9-15;/h3-5,8-9,14,16,20H,1-2,6-7,10-13H2,(H,21,24)(H,22,23);1H. The first kappa shape index (κ1) is 19.5. The van der Waals surface area contributed by atoms with Crippen molar-refractivity contribution in [2.24, 2.45) is 0 Å². The highest BCUT2D eigenvalue weighted by Crippen LogP contribution is 2.20. The second-order valence-corrected chi connectivity index (χ2v) is 6.42. The zero-order valence-electron chi connectivity index (χ0n) is 14.5. The van der Waals surface area contributed by atoms with E-state index in [4.69, 9.17) is 0 Å². The van der Waals surface area contributed by atoms with E-state index in [9.17, 15) is 4.79 Å². The maximum absolute atomic E-state index is 12.4. The molecular formula is C19H27ClN4O. The number of aromatic nitrogens is 2. The molecule has 5 nitrogen and oxygen atoms in total. The number of halogens is 1. The second kappa shape index (κ2) is 10.2. The van der Waals surface area contributed by atoms with Crippen LogP contribution in [0.25, 0.3) is 11.3 Å². The molecule has 1 heterocycles. The van der Waals surface area contributed by atoms with Crippen molar-refractivity contribution in [2.75, 3.05) is 13.1 Å². The van der Waals surface area contributed by atoms with E-state index in [2.05, 4.69) is 20.8 Å². The smallest absolute Gasteiger partial charge is 0.255 e. The van der Waals surface area contributed by atoms with Gasteiger partial charge in [0.15, 0.2) is 0 Å². The van der Waals surface area contributed by atoms with Gasteiger partial charge in [-0.25, -0.2) is 0 Å². The van der Waals surface area contributed by atoms with Gasteiger partial charge in [-0.1, -0.05) is 56.0 Å². The number of H-pyrrole nitrogens is 1. The molecule has 0 unspecified atom stereocenters. The van der Waals surface area contributed by atoms with Crippen molar-refractivity contribution in [3.05, 3.63) is 42.1 Å². The largest absolute Gasteiger partial charge is 0.351 e. The number of benzene rings is 1. The molecule has 2 aromatic rings. The lowest BCUT2D eigenvalue weighted by molar-refractivity contribution is 0.0954. The van der Waals surface area contributed by atoms with E-state index in [1.54, 1.807) is 6.20 Å². The maximum Gasteiger partial charge on any atom is 0.255 e. The lowest BCUT2D eigenvalue weighted by atomic mass is 10.1. The van der Waals surface area contributed by atoms with Crippen molar-refractivity contribution < 1.29 is 4.79 Å². The Bertz CT molecular complexity index is 636. The van der Waals surface area contributed by atoms with Crippen molar-refractivity contribution in [3.63, 3.8) is 0 Å². The van der Waals surface area contributed by atoms with Crippen LogP contribution in [0.5, 0.6) is 0 Å². The molecule has 1 aromatic heterocycles. The van der Waals surface area contributed by atoms with Crippen molar-refractivity contribution in [1.29, 1.82) is 0 Å². The third-order valence-electron chi connectivity index (χ3n) is 4.65. The van der Waals surface area contributed by atoms with Gasteiger partial charge in [-0.15, -0.1) is 12.4 Å². The molecule has 136 valence electrons. The third kappa shape index (κ3) is 5.58. The van der Waals surface area contributed by atoms with E-state index in [1.165, 1.54) is 38.5 Å². The normalized spacial score (nSPS) is 15.2. The highest BCUT2D eigenvalue weighted by atomic mass is 35.5. The molecule has 1 saturated carbocycles. The summed E-state index contributed by atoms with van der Waals surface area (Å²) in [6, 6.07) is 10.4. The van der Waals surface area contributed by atoms with Gasteiger partial charge in [-0.05, 0) is 12.8 Å². The molecule has 1 amide bonds. The molecule has 0 spiro atoms. The predicted molar refractivity (Wildman–Crippen MR) is 103 cm³/mol. The van der Waals surface area contributed by atoms with Crippen LogP contribution in [0.1, 0.15) is 48.9 Å². The van der Waals surface area contributed by atoms with Crippen LogP contribution < -0.4 is 10.6 Å². The van der Waals surface area contributed by atoms with E-state index in [1.807, 2.05) is 30.3 Å². The Balaban J connectivity index is 0.00000225. The van der Waals surface area contributed by atoms with Gasteiger partial charge in [-0.3, -0.25) is 9.89 Å². The molecule has 6 heteroatoms. The second-order valence-electron chi connectivity index (χ2n) is 6.42. The fraction of sp³-hybridized carbons (Fsp3) is 0.474. The van der Waals surface area contributed by atoms with Gasteiger partial charge in [0.05, 0.1) is 17.5 Å². The average Bonchev–Trinajstić information content (AvgIpc) is 2.97. The Morgan fingerprint density at radius 3 is 2.52 bits per heavy atom. The zero-order chi connectivity index (χ0) is 16.6. The Morgan fingerprint density at radius 2 is 1.80 bits per heavy atom. The molecule has 3 N–H and O–H groups in total. The summed E-state index contributed by atoms with van der Waals surface area (Å²) in [5.74, 6) is -0.0785. The summed E-state index contributed by atoms with van der Waals surface area (Å²) in [7, 11) is 0. The Kier molecular flexibility index (Phi) is 7.95. The van der Waals surface area contributed by atoms with Crippen LogP contribution in [0.3, 0.4) is 0 Å². The summed E-state index contributed by atoms with van der Waals surface area (Å²) in [6.07, 6.45) is 9.46. The fourth-order valence-electron chi connectivity index (χ4n) is 3.31. The molecule has 0 atom stereocenters. The van der Waals surface area contributed by atoms with Gasteiger partial charge in [-0.2, -0.15) is 5.10 Å². The Labute approximate surface area is 155 Å². The number of rotatable bonds is 6. The van der Waals surface area contributed by atoms with Crippen molar-refractivity contribution in [1.82, 2.24) is 20.8 Å². The number of hydrogen-bond donors (Lipinski definition) is 3. The molecule has 1 aliphatic rings. The lowest BCUT2D eigenvalue weighted by Gasteiger charge is -2.16. The topological polar surface area (TPSA) is 69.8 Å². The summed E-state index contributed by atoms with van der Waals surface area (Å²) in [6.45, 7) is 1.45. The molecule has 3 rings (SSSR count). The third-order valence-corrected chi connectivity index (χ3v) is 4.65. The fourth-order valence-corrected chi connectivity index (χ4v) is 3.31. The van der Waals surface area contributed by atoms with Gasteiger partial charge in [0, 0.05) is 24.7 Å². The minimum Gasteiger partial charge on any atom is -0.351 e. The van der Waals surface area contributed by atoms with E-state index >= 15 is 0 Å². The van der Waals surface area contributed by atoms with Gasteiger partial charge < -0.3 is 10.6 Å². The monoisotopic (exact) mass is 362 g/mol. The first-order valence-electron chi connectivity index (χ1n) is 8.95. The number of amides is 1. The van der Waals surface area contributed by atoms with Crippen molar-refractivity contribution in [2.45, 2.75) is 44.6 Å². The number of nitrogens with zero attached hydrogens (tertiary/aromatic N) is 1. The lowest BCUT2D eigenvalue weighted by Crippen LogP contribution is -2.36.